The molecule has 8 nitrogen and oxygen atoms in total. The lowest BCUT2D eigenvalue weighted by molar-refractivity contribution is -0.138. The Bertz CT molecular complexity index is 1400. The summed E-state index contributed by atoms with van der Waals surface area (Å²) >= 11 is 0. The maximum Gasteiger partial charge on any atom is 0.420 e. The molecule has 0 unspecified atom stereocenters. The van der Waals surface area contributed by atoms with E-state index in [1.54, 1.807) is 24.4 Å². The van der Waals surface area contributed by atoms with E-state index in [-0.39, 0.29) is 11.4 Å². The minimum Gasteiger partial charge on any atom is -0.496 e. The first-order valence-electron chi connectivity index (χ1n) is 10.4. The van der Waals surface area contributed by atoms with Gasteiger partial charge in [-0.25, -0.2) is 0 Å². The minimum absolute atomic E-state index is 0.104. The number of H-pyrrole nitrogens is 1. The highest BCUT2D eigenvalue weighted by molar-refractivity contribution is 6.08. The fourth-order valence-corrected chi connectivity index (χ4v) is 3.49. The minimum atomic E-state index is -4.66. The van der Waals surface area contributed by atoms with E-state index >= 15 is 0 Å². The van der Waals surface area contributed by atoms with Gasteiger partial charge in [-0.3, -0.25) is 19.7 Å². The summed E-state index contributed by atoms with van der Waals surface area (Å²) in [5.41, 5.74) is 2.39. The lowest BCUT2D eigenvalue weighted by Gasteiger charge is -2.14. The Kier molecular flexibility index (Phi) is 6.41. The van der Waals surface area contributed by atoms with Crippen molar-refractivity contribution in [3.63, 3.8) is 0 Å². The molecule has 0 atom stereocenters. The SMILES string of the molecule is COc1ccc(NC(=O)CC(=O)Nc2ccc3c(-c4ccc(C)nc4)n[nH]c3c2)cc1C(F)(F)F. The first kappa shape index (κ1) is 23.7. The number of aromatic amines is 1. The molecule has 0 bridgehead atoms. The maximum atomic E-state index is 13.2. The number of amides is 2. The number of anilines is 2. The van der Waals surface area contributed by atoms with Crippen LogP contribution in [0.2, 0.25) is 0 Å². The van der Waals surface area contributed by atoms with Crippen LogP contribution in [0.4, 0.5) is 24.5 Å². The maximum absolute atomic E-state index is 13.2. The van der Waals surface area contributed by atoms with Crippen LogP contribution in [0.3, 0.4) is 0 Å². The molecule has 4 aromatic rings. The number of halogens is 3. The van der Waals surface area contributed by atoms with Gasteiger partial charge in [0, 0.05) is 34.2 Å². The van der Waals surface area contributed by atoms with Crippen molar-refractivity contribution in [2.75, 3.05) is 17.7 Å². The summed E-state index contributed by atoms with van der Waals surface area (Å²) in [5.74, 6) is -1.77. The van der Waals surface area contributed by atoms with Gasteiger partial charge in [0.1, 0.15) is 17.9 Å². The van der Waals surface area contributed by atoms with Crippen molar-refractivity contribution in [3.8, 4) is 17.0 Å². The monoisotopic (exact) mass is 483 g/mol. The molecule has 2 amide bonds. The normalized spacial score (nSPS) is 11.3. The van der Waals surface area contributed by atoms with Crippen LogP contribution in [0.15, 0.2) is 54.7 Å². The molecular weight excluding hydrogens is 463 g/mol. The molecule has 11 heteroatoms. The first-order chi connectivity index (χ1) is 16.6. The first-order valence-corrected chi connectivity index (χ1v) is 10.4. The number of aryl methyl sites for hydroxylation is 1. The fraction of sp³-hybridized carbons (Fsp3) is 0.167. The highest BCUT2D eigenvalue weighted by Gasteiger charge is 2.34. The molecule has 0 aliphatic carbocycles. The predicted octanol–water partition coefficient (Wildman–Crippen LogP) is 4.93. The molecule has 0 spiro atoms. The van der Waals surface area contributed by atoms with E-state index in [0.29, 0.717) is 16.9 Å². The second-order valence-electron chi connectivity index (χ2n) is 7.71. The third kappa shape index (κ3) is 5.40. The second-order valence-corrected chi connectivity index (χ2v) is 7.71. The molecule has 0 saturated carbocycles. The van der Waals surface area contributed by atoms with E-state index in [0.717, 1.165) is 35.9 Å². The van der Waals surface area contributed by atoms with Gasteiger partial charge in [-0.2, -0.15) is 18.3 Å². The van der Waals surface area contributed by atoms with Crippen LogP contribution in [-0.2, 0) is 15.8 Å². The number of hydrogen-bond donors (Lipinski definition) is 3. The van der Waals surface area contributed by atoms with Crippen LogP contribution >= 0.6 is 0 Å². The zero-order chi connectivity index (χ0) is 25.2. The number of carbonyl (C=O) groups is 2. The van der Waals surface area contributed by atoms with Gasteiger partial charge in [0.25, 0.3) is 0 Å². The molecular formula is C24H20F3N5O3. The third-order valence-electron chi connectivity index (χ3n) is 5.14. The number of fused-ring (bicyclic) bond motifs is 1. The van der Waals surface area contributed by atoms with E-state index in [1.165, 1.54) is 6.07 Å². The average molecular weight is 483 g/mol. The third-order valence-corrected chi connectivity index (χ3v) is 5.14. The van der Waals surface area contributed by atoms with Gasteiger partial charge in [0.2, 0.25) is 11.8 Å². The van der Waals surface area contributed by atoms with Crippen LogP contribution in [0.25, 0.3) is 22.2 Å². The lowest BCUT2D eigenvalue weighted by Crippen LogP contribution is -2.21. The number of carbonyl (C=O) groups excluding carboxylic acids is 2. The molecule has 4 rings (SSSR count). The number of nitrogens with zero attached hydrogens (tertiary/aromatic N) is 2. The molecule has 0 saturated heterocycles. The van der Waals surface area contributed by atoms with Gasteiger partial charge < -0.3 is 15.4 Å². The lowest BCUT2D eigenvalue weighted by atomic mass is 10.1. The van der Waals surface area contributed by atoms with E-state index in [9.17, 15) is 22.8 Å². The molecule has 35 heavy (non-hydrogen) atoms. The van der Waals surface area contributed by atoms with Crippen molar-refractivity contribution in [3.05, 3.63) is 66.0 Å². The Morgan fingerprint density at radius 2 is 1.69 bits per heavy atom. The highest BCUT2D eigenvalue weighted by atomic mass is 19.4. The summed E-state index contributed by atoms with van der Waals surface area (Å²) in [4.78, 5) is 28.8. The smallest absolute Gasteiger partial charge is 0.420 e. The van der Waals surface area contributed by atoms with E-state index in [2.05, 4.69) is 25.8 Å². The Morgan fingerprint density at radius 3 is 2.31 bits per heavy atom. The number of hydrogen-bond acceptors (Lipinski definition) is 5. The molecule has 0 radical (unpaired) electrons. The van der Waals surface area contributed by atoms with Crippen molar-refractivity contribution in [1.29, 1.82) is 0 Å². The summed E-state index contributed by atoms with van der Waals surface area (Å²) < 4.78 is 44.2. The fourth-order valence-electron chi connectivity index (χ4n) is 3.49. The molecule has 0 fully saturated rings. The van der Waals surface area contributed by atoms with Crippen molar-refractivity contribution >= 4 is 34.1 Å². The van der Waals surface area contributed by atoms with Crippen molar-refractivity contribution in [1.82, 2.24) is 15.2 Å². The Hall–Kier alpha value is -4.41. The van der Waals surface area contributed by atoms with Crippen LogP contribution in [0, 0.1) is 6.92 Å². The highest BCUT2D eigenvalue weighted by Crippen LogP contribution is 2.37. The van der Waals surface area contributed by atoms with Gasteiger partial charge in [-0.05, 0) is 55.5 Å². The van der Waals surface area contributed by atoms with Crippen molar-refractivity contribution < 1.29 is 27.5 Å². The Labute approximate surface area is 197 Å². The summed E-state index contributed by atoms with van der Waals surface area (Å²) in [7, 11) is 1.12. The zero-order valence-corrected chi connectivity index (χ0v) is 18.7. The number of ether oxygens (including phenoxy) is 1. The van der Waals surface area contributed by atoms with Gasteiger partial charge in [0.15, 0.2) is 0 Å². The Morgan fingerprint density at radius 1 is 1.00 bits per heavy atom. The van der Waals surface area contributed by atoms with Gasteiger partial charge in [-0.1, -0.05) is 0 Å². The van der Waals surface area contributed by atoms with Crippen molar-refractivity contribution in [2.45, 2.75) is 19.5 Å². The number of rotatable bonds is 6. The number of pyridine rings is 1. The largest absolute Gasteiger partial charge is 0.496 e. The summed E-state index contributed by atoms with van der Waals surface area (Å²) in [6, 6.07) is 12.0. The molecule has 0 aliphatic heterocycles. The van der Waals surface area contributed by atoms with Gasteiger partial charge >= 0.3 is 6.18 Å². The number of aromatic nitrogens is 3. The van der Waals surface area contributed by atoms with Crippen LogP contribution in [0.1, 0.15) is 17.7 Å². The molecule has 180 valence electrons. The summed E-state index contributed by atoms with van der Waals surface area (Å²) in [6.07, 6.45) is -3.53. The summed E-state index contributed by atoms with van der Waals surface area (Å²) in [6.45, 7) is 1.89. The molecule has 2 heterocycles. The molecule has 2 aromatic heterocycles. The van der Waals surface area contributed by atoms with Crippen molar-refractivity contribution in [2.24, 2.45) is 0 Å². The second kappa shape index (κ2) is 9.45. The van der Waals surface area contributed by atoms with Crippen LogP contribution in [0.5, 0.6) is 5.75 Å². The quantitative estimate of drug-likeness (QED) is 0.337. The average Bonchev–Trinajstić information content (AvgIpc) is 3.22. The van der Waals surface area contributed by atoms with Gasteiger partial charge in [0.05, 0.1) is 18.2 Å². The Balaban J connectivity index is 1.41. The standard InChI is InChI=1S/C24H20F3N5O3/c1-13-3-4-14(12-28-13)23-17-7-5-16(10-19(17)31-32-23)30-22(34)11-21(33)29-15-6-8-20(35-2)18(9-15)24(25,26)27/h3-10,12H,11H2,1-2H3,(H,29,33)(H,30,34)(H,31,32). The van der Waals surface area contributed by atoms with E-state index in [4.69, 9.17) is 4.74 Å². The molecule has 2 aromatic carbocycles. The zero-order valence-electron chi connectivity index (χ0n) is 18.7. The van der Waals surface area contributed by atoms with Gasteiger partial charge in [-0.15, -0.1) is 0 Å². The van der Waals surface area contributed by atoms with E-state index in [1.807, 2.05) is 19.1 Å². The number of alkyl halides is 3. The van der Waals surface area contributed by atoms with Crippen LogP contribution in [-0.4, -0.2) is 34.1 Å². The van der Waals surface area contributed by atoms with Crippen LogP contribution < -0.4 is 15.4 Å². The summed E-state index contributed by atoms with van der Waals surface area (Å²) in [5, 5.41) is 12.9. The molecule has 3 N–H and O–H groups in total. The number of nitrogens with one attached hydrogen (secondary N) is 3. The number of methoxy groups -OCH3 is 1. The topological polar surface area (TPSA) is 109 Å². The predicted molar refractivity (Wildman–Crippen MR) is 124 cm³/mol. The van der Waals surface area contributed by atoms with E-state index < -0.39 is 30.0 Å². The number of benzene rings is 2. The molecule has 0 aliphatic rings.